The van der Waals surface area contributed by atoms with E-state index in [4.69, 9.17) is 9.97 Å². The lowest BCUT2D eigenvalue weighted by Crippen LogP contribution is -2.10. The molecule has 0 radical (unpaired) electrons. The van der Waals surface area contributed by atoms with Gasteiger partial charge in [-0.05, 0) is 104 Å². The molecule has 0 aliphatic carbocycles. The van der Waals surface area contributed by atoms with Gasteiger partial charge < -0.3 is 9.47 Å². The fraction of sp³-hybridized carbons (Fsp3) is 0.0545. The molecule has 0 fully saturated rings. The van der Waals surface area contributed by atoms with E-state index in [1.54, 1.807) is 0 Å². The molecule has 2 heterocycles. The number of para-hydroxylation sites is 1. The maximum Gasteiger partial charge on any atom is 0.160 e. The van der Waals surface area contributed by atoms with Crippen molar-refractivity contribution in [3.63, 3.8) is 0 Å². The van der Waals surface area contributed by atoms with Crippen molar-refractivity contribution in [3.05, 3.63) is 217 Å². The number of fused-ring (bicyclic) bond motifs is 3. The molecular formula is C55H42N4. The third kappa shape index (κ3) is 6.85. The molecule has 0 spiro atoms. The molecule has 4 nitrogen and oxygen atoms in total. The van der Waals surface area contributed by atoms with E-state index in [1.165, 1.54) is 44.1 Å². The van der Waals surface area contributed by atoms with Crippen molar-refractivity contribution in [1.82, 2.24) is 14.5 Å². The molecule has 0 unspecified atom stereocenters. The van der Waals surface area contributed by atoms with Gasteiger partial charge in [-0.1, -0.05) is 145 Å². The first kappa shape index (κ1) is 35.8. The Bertz CT molecular complexity index is 2990. The normalized spacial score (nSPS) is 11.3. The maximum atomic E-state index is 5.04. The molecule has 0 N–H and O–H groups in total. The summed E-state index contributed by atoms with van der Waals surface area (Å²) < 4.78 is 2.40. The highest BCUT2D eigenvalue weighted by Gasteiger charge is 2.18. The lowest BCUT2D eigenvalue weighted by atomic mass is 9.98. The molecule has 2 aromatic heterocycles. The maximum absolute atomic E-state index is 5.04. The van der Waals surface area contributed by atoms with Crippen LogP contribution in [0, 0.1) is 20.8 Å². The number of hydrogen-bond acceptors (Lipinski definition) is 3. The molecule has 10 aromatic rings. The van der Waals surface area contributed by atoms with E-state index in [1.807, 2.05) is 36.4 Å². The molecular weight excluding hydrogens is 717 g/mol. The van der Waals surface area contributed by atoms with Crippen molar-refractivity contribution < 1.29 is 0 Å². The minimum Gasteiger partial charge on any atom is -0.310 e. The van der Waals surface area contributed by atoms with Gasteiger partial charge in [0.05, 0.1) is 22.4 Å². The lowest BCUT2D eigenvalue weighted by Gasteiger charge is -2.26. The summed E-state index contributed by atoms with van der Waals surface area (Å²) in [5, 5.41) is 2.44. The molecule has 0 bridgehead atoms. The molecule has 0 amide bonds. The van der Waals surface area contributed by atoms with Gasteiger partial charge in [0, 0.05) is 50.2 Å². The highest BCUT2D eigenvalue weighted by atomic mass is 15.1. The van der Waals surface area contributed by atoms with Crippen LogP contribution >= 0.6 is 0 Å². The Morgan fingerprint density at radius 3 is 1.54 bits per heavy atom. The summed E-state index contributed by atoms with van der Waals surface area (Å²) in [5.74, 6) is 0.716. The first-order chi connectivity index (χ1) is 29.0. The number of aryl methyl sites for hydroxylation is 3. The predicted molar refractivity (Wildman–Crippen MR) is 247 cm³/mol. The summed E-state index contributed by atoms with van der Waals surface area (Å²) in [6.07, 6.45) is 0. The van der Waals surface area contributed by atoms with Crippen LogP contribution in [0.1, 0.15) is 16.7 Å². The highest BCUT2D eigenvalue weighted by Crippen LogP contribution is 2.40. The molecule has 0 aliphatic rings. The van der Waals surface area contributed by atoms with Gasteiger partial charge >= 0.3 is 0 Å². The Labute approximate surface area is 345 Å². The standard InChI is InChI=1S/C55H42N4/c1-37-18-26-44(27-19-37)58(45-28-20-38(2)21-29-45)47-31-33-54-50(35-47)49-16-10-11-17-53(49)59(54)46-30-32-48(39(3)34-46)40-22-24-42(25-23-40)52-36-51(41-12-6-4-7-13-41)56-55(57-52)43-14-8-5-9-15-43/h4-36H,1-3H3. The average Bonchev–Trinajstić information content (AvgIpc) is 3.62. The molecule has 8 aromatic carbocycles. The fourth-order valence-corrected chi connectivity index (χ4v) is 8.21. The molecule has 59 heavy (non-hydrogen) atoms. The Balaban J connectivity index is 1.01. The van der Waals surface area contributed by atoms with Crippen LogP contribution in [-0.2, 0) is 0 Å². The minimum atomic E-state index is 0.716. The number of aromatic nitrogens is 3. The summed E-state index contributed by atoms with van der Waals surface area (Å²) in [7, 11) is 0. The summed E-state index contributed by atoms with van der Waals surface area (Å²) in [6.45, 7) is 6.48. The van der Waals surface area contributed by atoms with Gasteiger partial charge in [0.25, 0.3) is 0 Å². The van der Waals surface area contributed by atoms with E-state index < -0.39 is 0 Å². The van der Waals surface area contributed by atoms with Crippen molar-refractivity contribution in [2.24, 2.45) is 0 Å². The third-order valence-electron chi connectivity index (χ3n) is 11.3. The highest BCUT2D eigenvalue weighted by molar-refractivity contribution is 6.10. The monoisotopic (exact) mass is 758 g/mol. The van der Waals surface area contributed by atoms with Crippen molar-refractivity contribution in [2.75, 3.05) is 4.90 Å². The minimum absolute atomic E-state index is 0.716. The van der Waals surface area contributed by atoms with Gasteiger partial charge in [-0.25, -0.2) is 9.97 Å². The second-order valence-electron chi connectivity index (χ2n) is 15.3. The second kappa shape index (κ2) is 15.1. The SMILES string of the molecule is Cc1ccc(N(c2ccc(C)cc2)c2ccc3c(c2)c2ccccc2n3-c2ccc(-c3ccc(-c4cc(-c5ccccc5)nc(-c5ccccc5)n4)cc3)c(C)c2)cc1. The third-order valence-corrected chi connectivity index (χ3v) is 11.3. The average molecular weight is 759 g/mol. The first-order valence-electron chi connectivity index (χ1n) is 20.2. The van der Waals surface area contributed by atoms with Gasteiger partial charge in [-0.15, -0.1) is 0 Å². The zero-order valence-electron chi connectivity index (χ0n) is 33.3. The molecule has 0 saturated carbocycles. The van der Waals surface area contributed by atoms with Gasteiger partial charge in [-0.3, -0.25) is 0 Å². The van der Waals surface area contributed by atoms with E-state index >= 15 is 0 Å². The molecule has 0 atom stereocenters. The van der Waals surface area contributed by atoms with Crippen molar-refractivity contribution in [3.8, 4) is 50.7 Å². The van der Waals surface area contributed by atoms with Crippen LogP contribution < -0.4 is 4.90 Å². The van der Waals surface area contributed by atoms with E-state index in [0.29, 0.717) is 5.82 Å². The van der Waals surface area contributed by atoms with Gasteiger partial charge in [-0.2, -0.15) is 0 Å². The van der Waals surface area contributed by atoms with Crippen molar-refractivity contribution in [1.29, 1.82) is 0 Å². The summed E-state index contributed by atoms with van der Waals surface area (Å²) in [4.78, 5) is 12.4. The Morgan fingerprint density at radius 2 is 0.915 bits per heavy atom. The number of rotatable bonds is 8. The first-order valence-corrected chi connectivity index (χ1v) is 20.2. The van der Waals surface area contributed by atoms with E-state index in [2.05, 4.69) is 194 Å². The van der Waals surface area contributed by atoms with Crippen LogP contribution in [0.25, 0.3) is 72.5 Å². The molecule has 0 aliphatic heterocycles. The Hall–Kier alpha value is -7.56. The van der Waals surface area contributed by atoms with E-state index in [-0.39, 0.29) is 0 Å². The van der Waals surface area contributed by atoms with Crippen LogP contribution in [0.4, 0.5) is 17.1 Å². The van der Waals surface area contributed by atoms with E-state index in [0.717, 1.165) is 56.4 Å². The Morgan fingerprint density at radius 1 is 0.390 bits per heavy atom. The number of anilines is 3. The smallest absolute Gasteiger partial charge is 0.160 e. The fourth-order valence-electron chi connectivity index (χ4n) is 8.21. The largest absolute Gasteiger partial charge is 0.310 e. The van der Waals surface area contributed by atoms with E-state index in [9.17, 15) is 0 Å². The number of nitrogens with zero attached hydrogens (tertiary/aromatic N) is 4. The van der Waals surface area contributed by atoms with Crippen LogP contribution in [-0.4, -0.2) is 14.5 Å². The zero-order chi connectivity index (χ0) is 39.9. The second-order valence-corrected chi connectivity index (χ2v) is 15.3. The summed E-state index contributed by atoms with van der Waals surface area (Å²) in [6, 6.07) is 71.4. The van der Waals surface area contributed by atoms with Gasteiger partial charge in [0.15, 0.2) is 5.82 Å². The lowest BCUT2D eigenvalue weighted by molar-refractivity contribution is 1.17. The quantitative estimate of drug-likeness (QED) is 0.155. The van der Waals surface area contributed by atoms with Crippen molar-refractivity contribution in [2.45, 2.75) is 20.8 Å². The molecule has 0 saturated heterocycles. The zero-order valence-corrected chi connectivity index (χ0v) is 33.3. The van der Waals surface area contributed by atoms with Gasteiger partial charge in [0.1, 0.15) is 0 Å². The summed E-state index contributed by atoms with van der Waals surface area (Å²) >= 11 is 0. The van der Waals surface area contributed by atoms with Crippen LogP contribution in [0.15, 0.2) is 200 Å². The molecule has 10 rings (SSSR count). The van der Waals surface area contributed by atoms with Gasteiger partial charge in [0.2, 0.25) is 0 Å². The predicted octanol–water partition coefficient (Wildman–Crippen LogP) is 14.6. The molecule has 282 valence electrons. The van der Waals surface area contributed by atoms with Crippen LogP contribution in [0.5, 0.6) is 0 Å². The van der Waals surface area contributed by atoms with Crippen LogP contribution in [0.2, 0.25) is 0 Å². The molecule has 4 heteroatoms. The summed E-state index contributed by atoms with van der Waals surface area (Å²) in [5.41, 5.74) is 17.9. The topological polar surface area (TPSA) is 34.0 Å². The van der Waals surface area contributed by atoms with Crippen LogP contribution in [0.3, 0.4) is 0 Å². The van der Waals surface area contributed by atoms with Crippen molar-refractivity contribution >= 4 is 38.9 Å². The Kier molecular flexibility index (Phi) is 9.15. The number of hydrogen-bond donors (Lipinski definition) is 0. The number of benzene rings is 8.